The second kappa shape index (κ2) is 4.23. The Kier molecular flexibility index (Phi) is 3.25. The van der Waals surface area contributed by atoms with Crippen LogP contribution in [0.4, 0.5) is 0 Å². The van der Waals surface area contributed by atoms with Gasteiger partial charge in [-0.3, -0.25) is 4.99 Å². The van der Waals surface area contributed by atoms with E-state index in [1.807, 2.05) is 19.1 Å². The average molecular weight is 176 g/mol. The molecule has 0 spiro atoms. The summed E-state index contributed by atoms with van der Waals surface area (Å²) < 4.78 is 0. The Balaban J connectivity index is 2.77. The van der Waals surface area contributed by atoms with Crippen LogP contribution in [0.15, 0.2) is 17.1 Å². The minimum Gasteiger partial charge on any atom is -0.268 e. The van der Waals surface area contributed by atoms with Gasteiger partial charge in [-0.2, -0.15) is 5.26 Å². The first-order chi connectivity index (χ1) is 6.26. The molecule has 0 aliphatic heterocycles. The Morgan fingerprint density at radius 1 is 1.62 bits per heavy atom. The van der Waals surface area contributed by atoms with E-state index in [9.17, 15) is 0 Å². The molecule has 0 radical (unpaired) electrons. The van der Waals surface area contributed by atoms with Crippen LogP contribution in [0.1, 0.15) is 39.5 Å². The van der Waals surface area contributed by atoms with Gasteiger partial charge in [-0.25, -0.2) is 0 Å². The smallest absolute Gasteiger partial charge is 0.147 e. The van der Waals surface area contributed by atoms with E-state index in [1.54, 1.807) is 0 Å². The van der Waals surface area contributed by atoms with Gasteiger partial charge in [0.15, 0.2) is 0 Å². The van der Waals surface area contributed by atoms with Crippen LogP contribution in [0.2, 0.25) is 0 Å². The summed E-state index contributed by atoms with van der Waals surface area (Å²) in [5.41, 5.74) is 0.675. The zero-order valence-electron chi connectivity index (χ0n) is 8.38. The standard InChI is InChI=1S/C11H16N2/c1-3-6-10(4-2)13-11(9-12)7-5-8-11/h3,6H,4-5,7-8H2,1-2H3/b6-3-,13-10?. The predicted octanol–water partition coefficient (Wildman–Crippen LogP) is 2.86. The number of hydrogen-bond acceptors (Lipinski definition) is 2. The van der Waals surface area contributed by atoms with Crippen molar-refractivity contribution in [2.75, 3.05) is 0 Å². The first-order valence-electron chi connectivity index (χ1n) is 4.89. The lowest BCUT2D eigenvalue weighted by atomic mass is 9.78. The minimum absolute atomic E-state index is 0.370. The molecule has 0 aromatic rings. The van der Waals surface area contributed by atoms with Crippen LogP contribution in [0.25, 0.3) is 0 Å². The Morgan fingerprint density at radius 3 is 2.62 bits per heavy atom. The van der Waals surface area contributed by atoms with E-state index in [2.05, 4.69) is 18.0 Å². The third-order valence-corrected chi connectivity index (χ3v) is 2.47. The Bertz CT molecular complexity index is 264. The number of nitrogens with zero attached hydrogens (tertiary/aromatic N) is 2. The first-order valence-corrected chi connectivity index (χ1v) is 4.89. The fraction of sp³-hybridized carbons (Fsp3) is 0.636. The van der Waals surface area contributed by atoms with E-state index in [0.29, 0.717) is 0 Å². The quantitative estimate of drug-likeness (QED) is 0.609. The van der Waals surface area contributed by atoms with E-state index in [0.717, 1.165) is 31.4 Å². The van der Waals surface area contributed by atoms with Crippen LogP contribution < -0.4 is 0 Å². The molecule has 1 saturated carbocycles. The zero-order chi connectivity index (χ0) is 9.73. The van der Waals surface area contributed by atoms with E-state index in [1.165, 1.54) is 0 Å². The highest BCUT2D eigenvalue weighted by Gasteiger charge is 2.36. The maximum atomic E-state index is 8.97. The monoisotopic (exact) mass is 176 g/mol. The summed E-state index contributed by atoms with van der Waals surface area (Å²) in [7, 11) is 0. The summed E-state index contributed by atoms with van der Waals surface area (Å²) in [6.45, 7) is 4.05. The number of hydrogen-bond donors (Lipinski definition) is 0. The van der Waals surface area contributed by atoms with Crippen molar-refractivity contribution >= 4 is 5.71 Å². The average Bonchev–Trinajstić information content (AvgIpc) is 2.09. The normalized spacial score (nSPS) is 21.2. The molecular weight excluding hydrogens is 160 g/mol. The molecule has 1 aliphatic rings. The molecule has 2 heteroatoms. The van der Waals surface area contributed by atoms with Gasteiger partial charge in [0.25, 0.3) is 0 Å². The van der Waals surface area contributed by atoms with Gasteiger partial charge in [0.2, 0.25) is 0 Å². The molecule has 0 atom stereocenters. The molecule has 0 amide bonds. The molecule has 0 aromatic carbocycles. The third kappa shape index (κ3) is 2.18. The van der Waals surface area contributed by atoms with Crippen molar-refractivity contribution in [3.8, 4) is 6.07 Å². The van der Waals surface area contributed by atoms with Gasteiger partial charge in [-0.15, -0.1) is 0 Å². The lowest BCUT2D eigenvalue weighted by Gasteiger charge is -2.31. The highest BCUT2D eigenvalue weighted by Crippen LogP contribution is 2.35. The molecule has 0 aromatic heterocycles. The Hall–Kier alpha value is -1.10. The maximum absolute atomic E-state index is 8.97. The van der Waals surface area contributed by atoms with Gasteiger partial charge in [-0.05, 0) is 38.7 Å². The molecule has 0 heterocycles. The number of rotatable bonds is 3. The fourth-order valence-corrected chi connectivity index (χ4v) is 1.46. The highest BCUT2D eigenvalue weighted by atomic mass is 14.9. The van der Waals surface area contributed by atoms with Crippen LogP contribution in [0.3, 0.4) is 0 Å². The Labute approximate surface area is 80.0 Å². The molecule has 0 N–H and O–H groups in total. The number of nitriles is 1. The topological polar surface area (TPSA) is 36.1 Å². The predicted molar refractivity (Wildman–Crippen MR) is 54.7 cm³/mol. The molecule has 0 saturated heterocycles. The lowest BCUT2D eigenvalue weighted by Crippen LogP contribution is -2.33. The van der Waals surface area contributed by atoms with Crippen molar-refractivity contribution < 1.29 is 0 Å². The minimum atomic E-state index is -0.370. The zero-order valence-corrected chi connectivity index (χ0v) is 8.38. The van der Waals surface area contributed by atoms with Gasteiger partial charge in [0, 0.05) is 5.71 Å². The lowest BCUT2D eigenvalue weighted by molar-refractivity contribution is 0.330. The number of aliphatic imine (C=N–C) groups is 1. The molecule has 0 bridgehead atoms. The van der Waals surface area contributed by atoms with Gasteiger partial charge in [0.05, 0.1) is 6.07 Å². The molecular formula is C11H16N2. The van der Waals surface area contributed by atoms with Crippen LogP contribution in [0, 0.1) is 11.3 Å². The molecule has 1 aliphatic carbocycles. The summed E-state index contributed by atoms with van der Waals surface area (Å²) in [6, 6.07) is 2.32. The molecule has 0 unspecified atom stereocenters. The highest BCUT2D eigenvalue weighted by molar-refractivity contribution is 5.95. The second-order valence-electron chi connectivity index (χ2n) is 3.45. The van der Waals surface area contributed by atoms with Crippen molar-refractivity contribution in [3.05, 3.63) is 12.2 Å². The van der Waals surface area contributed by atoms with Gasteiger partial charge in [0.1, 0.15) is 5.54 Å². The van der Waals surface area contributed by atoms with Gasteiger partial charge in [-0.1, -0.05) is 13.0 Å². The fourth-order valence-electron chi connectivity index (χ4n) is 1.46. The van der Waals surface area contributed by atoms with E-state index in [4.69, 9.17) is 5.26 Å². The van der Waals surface area contributed by atoms with Crippen molar-refractivity contribution in [2.45, 2.75) is 45.1 Å². The third-order valence-electron chi connectivity index (χ3n) is 2.47. The van der Waals surface area contributed by atoms with Crippen LogP contribution >= 0.6 is 0 Å². The summed E-state index contributed by atoms with van der Waals surface area (Å²) in [5, 5.41) is 8.97. The Morgan fingerprint density at radius 2 is 2.31 bits per heavy atom. The molecule has 1 fully saturated rings. The van der Waals surface area contributed by atoms with E-state index >= 15 is 0 Å². The molecule has 2 nitrogen and oxygen atoms in total. The van der Waals surface area contributed by atoms with Crippen molar-refractivity contribution in [3.63, 3.8) is 0 Å². The van der Waals surface area contributed by atoms with Crippen molar-refractivity contribution in [1.29, 1.82) is 5.26 Å². The molecule has 13 heavy (non-hydrogen) atoms. The van der Waals surface area contributed by atoms with E-state index in [-0.39, 0.29) is 5.54 Å². The van der Waals surface area contributed by atoms with Gasteiger partial charge < -0.3 is 0 Å². The van der Waals surface area contributed by atoms with Crippen LogP contribution in [-0.2, 0) is 0 Å². The SMILES string of the molecule is C/C=C\C(CC)=NC1(C#N)CCC1. The summed E-state index contributed by atoms with van der Waals surface area (Å²) in [6.07, 6.45) is 7.90. The van der Waals surface area contributed by atoms with Crippen molar-refractivity contribution in [1.82, 2.24) is 0 Å². The summed E-state index contributed by atoms with van der Waals surface area (Å²) in [5.74, 6) is 0. The molecule has 70 valence electrons. The largest absolute Gasteiger partial charge is 0.268 e. The van der Waals surface area contributed by atoms with Crippen molar-refractivity contribution in [2.24, 2.45) is 4.99 Å². The second-order valence-corrected chi connectivity index (χ2v) is 3.45. The molecule has 1 rings (SSSR count). The van der Waals surface area contributed by atoms with Crippen LogP contribution in [-0.4, -0.2) is 11.3 Å². The summed E-state index contributed by atoms with van der Waals surface area (Å²) in [4.78, 5) is 4.51. The first kappa shape index (κ1) is 9.98. The number of allylic oxidation sites excluding steroid dienone is 2. The van der Waals surface area contributed by atoms with Gasteiger partial charge >= 0.3 is 0 Å². The summed E-state index contributed by atoms with van der Waals surface area (Å²) >= 11 is 0. The maximum Gasteiger partial charge on any atom is 0.147 e. The van der Waals surface area contributed by atoms with Crippen LogP contribution in [0.5, 0.6) is 0 Å². The van der Waals surface area contributed by atoms with E-state index < -0.39 is 0 Å².